The summed E-state index contributed by atoms with van der Waals surface area (Å²) in [5, 5.41) is 0. The molecule has 0 aliphatic rings. The van der Waals surface area contributed by atoms with Crippen molar-refractivity contribution < 1.29 is 32.1 Å². The van der Waals surface area contributed by atoms with Gasteiger partial charge >= 0.3 is 6.18 Å². The Balaban J connectivity index is 3.29. The molecule has 4 nitrogen and oxygen atoms in total. The van der Waals surface area contributed by atoms with Crippen LogP contribution in [0, 0.1) is 6.07 Å². The molecule has 0 fully saturated rings. The molecule has 19 heavy (non-hydrogen) atoms. The summed E-state index contributed by atoms with van der Waals surface area (Å²) in [6.45, 7) is -0.325. The Hall–Kier alpha value is -1.31. The van der Waals surface area contributed by atoms with Gasteiger partial charge in [-0.3, -0.25) is 0 Å². The highest BCUT2D eigenvalue weighted by molar-refractivity contribution is 5.43. The van der Waals surface area contributed by atoms with Gasteiger partial charge in [-0.15, -0.1) is 0 Å². The van der Waals surface area contributed by atoms with Crippen LogP contribution < -0.4 is 4.74 Å². The minimum absolute atomic E-state index is 0.0249. The number of rotatable bonds is 6. The van der Waals surface area contributed by atoms with E-state index in [1.54, 1.807) is 0 Å². The van der Waals surface area contributed by atoms with Crippen LogP contribution in [0.2, 0.25) is 0 Å². The molecule has 0 saturated carbocycles. The molecule has 1 aromatic rings. The van der Waals surface area contributed by atoms with E-state index in [1.165, 1.54) is 21.3 Å². The lowest BCUT2D eigenvalue weighted by Crippen LogP contribution is -2.14. The molecule has 7 heteroatoms. The Morgan fingerprint density at radius 3 is 2.32 bits per heavy atom. The monoisotopic (exact) mass is 279 g/mol. The number of ether oxygens (including phenoxy) is 4. The van der Waals surface area contributed by atoms with E-state index >= 15 is 0 Å². The van der Waals surface area contributed by atoms with Gasteiger partial charge in [-0.2, -0.15) is 13.2 Å². The van der Waals surface area contributed by atoms with Crippen molar-refractivity contribution in [2.45, 2.75) is 12.5 Å². The van der Waals surface area contributed by atoms with Crippen molar-refractivity contribution in [1.29, 1.82) is 0 Å². The highest BCUT2D eigenvalue weighted by atomic mass is 19.4. The summed E-state index contributed by atoms with van der Waals surface area (Å²) < 4.78 is 58.2. The van der Waals surface area contributed by atoms with Crippen molar-refractivity contribution >= 4 is 0 Å². The van der Waals surface area contributed by atoms with Crippen molar-refractivity contribution in [3.05, 3.63) is 29.3 Å². The van der Waals surface area contributed by atoms with Gasteiger partial charge in [0.25, 0.3) is 0 Å². The first kappa shape index (κ1) is 15.7. The largest absolute Gasteiger partial charge is 0.466 e. The van der Waals surface area contributed by atoms with Crippen molar-refractivity contribution in [3.63, 3.8) is 0 Å². The number of hydrogen-bond donors (Lipinski definition) is 0. The van der Waals surface area contributed by atoms with Crippen molar-refractivity contribution in [1.82, 2.24) is 0 Å². The fraction of sp³-hybridized carbons (Fsp3) is 0.500. The first-order valence-corrected chi connectivity index (χ1v) is 5.24. The highest BCUT2D eigenvalue weighted by Gasteiger charge is 2.36. The predicted molar refractivity (Wildman–Crippen MR) is 59.5 cm³/mol. The van der Waals surface area contributed by atoms with Gasteiger partial charge in [0.05, 0.1) is 11.1 Å². The lowest BCUT2D eigenvalue weighted by Gasteiger charge is -2.20. The average Bonchev–Trinajstić information content (AvgIpc) is 2.37. The summed E-state index contributed by atoms with van der Waals surface area (Å²) in [4.78, 5) is 0. The zero-order chi connectivity index (χ0) is 14.5. The van der Waals surface area contributed by atoms with E-state index in [1.807, 2.05) is 0 Å². The maximum absolute atomic E-state index is 12.9. The summed E-state index contributed by atoms with van der Waals surface area (Å²) in [6, 6.07) is 4.64. The number of methoxy groups -OCH3 is 3. The van der Waals surface area contributed by atoms with Crippen molar-refractivity contribution in [3.8, 4) is 5.75 Å². The van der Waals surface area contributed by atoms with Gasteiger partial charge in [0, 0.05) is 21.3 Å². The Morgan fingerprint density at radius 2 is 1.84 bits per heavy atom. The Kier molecular flexibility index (Phi) is 5.59. The number of benzene rings is 1. The smallest absolute Gasteiger partial charge is 0.419 e. The zero-order valence-corrected chi connectivity index (χ0v) is 10.7. The molecule has 0 heterocycles. The first-order valence-electron chi connectivity index (χ1n) is 5.24. The third-order valence-electron chi connectivity index (χ3n) is 2.27. The summed E-state index contributed by atoms with van der Waals surface area (Å²) in [6.07, 6.45) is -5.56. The summed E-state index contributed by atoms with van der Waals surface area (Å²) in [5.41, 5.74) is -0.908. The average molecular weight is 279 g/mol. The Labute approximate surface area is 109 Å². The van der Waals surface area contributed by atoms with E-state index in [0.29, 0.717) is 0 Å². The molecule has 1 radical (unpaired) electrons. The fourth-order valence-corrected chi connectivity index (χ4v) is 1.50. The van der Waals surface area contributed by atoms with Crippen LogP contribution in [0.3, 0.4) is 0 Å². The molecule has 0 amide bonds. The van der Waals surface area contributed by atoms with E-state index < -0.39 is 23.8 Å². The van der Waals surface area contributed by atoms with E-state index in [-0.39, 0.29) is 12.4 Å². The first-order chi connectivity index (χ1) is 8.95. The third kappa shape index (κ3) is 3.82. The van der Waals surface area contributed by atoms with Gasteiger partial charge in [0.2, 0.25) is 0 Å². The van der Waals surface area contributed by atoms with Crippen molar-refractivity contribution in [2.24, 2.45) is 0 Å². The van der Waals surface area contributed by atoms with Crippen LogP contribution in [-0.4, -0.2) is 28.1 Å². The van der Waals surface area contributed by atoms with Gasteiger partial charge in [-0.1, -0.05) is 6.07 Å². The quantitative estimate of drug-likeness (QED) is 0.750. The minimum atomic E-state index is -4.56. The van der Waals surface area contributed by atoms with Crippen LogP contribution in [0.25, 0.3) is 0 Å². The van der Waals surface area contributed by atoms with Crippen LogP contribution in [0.15, 0.2) is 12.1 Å². The Morgan fingerprint density at radius 1 is 1.21 bits per heavy atom. The summed E-state index contributed by atoms with van der Waals surface area (Å²) >= 11 is 0. The third-order valence-corrected chi connectivity index (χ3v) is 2.27. The molecule has 1 aromatic carbocycles. The maximum atomic E-state index is 12.9. The van der Waals surface area contributed by atoms with Crippen LogP contribution in [0.4, 0.5) is 13.2 Å². The van der Waals surface area contributed by atoms with Crippen LogP contribution in [-0.2, 0) is 20.4 Å². The van der Waals surface area contributed by atoms with E-state index in [9.17, 15) is 13.2 Å². The molecule has 0 N–H and O–H groups in total. The molecule has 1 rings (SSSR count). The normalized spacial score (nSPS) is 11.9. The second-order valence-corrected chi connectivity index (χ2v) is 3.49. The van der Waals surface area contributed by atoms with Gasteiger partial charge in [0.1, 0.15) is 5.75 Å². The maximum Gasteiger partial charge on any atom is 0.419 e. The van der Waals surface area contributed by atoms with E-state index in [4.69, 9.17) is 14.2 Å². The minimum Gasteiger partial charge on any atom is -0.466 e. The van der Waals surface area contributed by atoms with Gasteiger partial charge < -0.3 is 18.9 Å². The number of hydrogen-bond acceptors (Lipinski definition) is 4. The standard InChI is InChI=1S/C12H14F3O4/c1-16-7-19-10-8(11(17-2)18-3)5-4-6-9(10)12(13,14)15/h4,6,11H,7H2,1-3H3. The predicted octanol–water partition coefficient (Wildman–Crippen LogP) is 2.78. The Bertz CT molecular complexity index is 402. The topological polar surface area (TPSA) is 36.9 Å². The van der Waals surface area contributed by atoms with Gasteiger partial charge in [-0.05, 0) is 12.1 Å². The van der Waals surface area contributed by atoms with E-state index in [0.717, 1.165) is 12.1 Å². The molecule has 0 atom stereocenters. The number of alkyl halides is 3. The molecule has 0 unspecified atom stereocenters. The molecule has 0 bridgehead atoms. The highest BCUT2D eigenvalue weighted by Crippen LogP contribution is 2.40. The van der Waals surface area contributed by atoms with Gasteiger partial charge in [-0.25, -0.2) is 0 Å². The molecular formula is C12H14F3O4. The molecule has 0 spiro atoms. The summed E-state index contributed by atoms with van der Waals surface area (Å²) in [5.74, 6) is -0.412. The SMILES string of the molecule is COCOc1c(C(OC)OC)[c]ccc1C(F)(F)F. The molecule has 107 valence electrons. The second kappa shape index (κ2) is 6.74. The van der Waals surface area contributed by atoms with Gasteiger partial charge in [0.15, 0.2) is 13.1 Å². The molecule has 0 aliphatic heterocycles. The molecular weight excluding hydrogens is 265 g/mol. The van der Waals surface area contributed by atoms with E-state index in [2.05, 4.69) is 10.8 Å². The van der Waals surface area contributed by atoms with Crippen molar-refractivity contribution in [2.75, 3.05) is 28.1 Å². The molecule has 0 aromatic heterocycles. The second-order valence-electron chi connectivity index (χ2n) is 3.49. The molecule has 0 saturated heterocycles. The zero-order valence-electron chi connectivity index (χ0n) is 10.7. The lowest BCUT2D eigenvalue weighted by atomic mass is 10.1. The molecule has 0 aliphatic carbocycles. The lowest BCUT2D eigenvalue weighted by molar-refractivity contribution is -0.141. The van der Waals surface area contributed by atoms with Crippen LogP contribution in [0.1, 0.15) is 17.4 Å². The fourth-order valence-electron chi connectivity index (χ4n) is 1.50. The van der Waals surface area contributed by atoms with Crippen LogP contribution >= 0.6 is 0 Å². The van der Waals surface area contributed by atoms with Crippen LogP contribution in [0.5, 0.6) is 5.75 Å². The number of halogens is 3. The summed E-state index contributed by atoms with van der Waals surface area (Å²) in [7, 11) is 3.93.